The first-order chi connectivity index (χ1) is 13.0. The Balaban J connectivity index is 1.43. The first-order valence-electron chi connectivity index (χ1n) is 10.1. The third-order valence-electron chi connectivity index (χ3n) is 6.63. The Morgan fingerprint density at radius 1 is 1.19 bits per heavy atom. The molecule has 0 radical (unpaired) electrons. The molecule has 27 heavy (non-hydrogen) atoms. The van der Waals surface area contributed by atoms with Gasteiger partial charge in [0, 0.05) is 42.9 Å². The number of aryl methyl sites for hydroxylation is 1. The molecule has 1 amide bonds. The normalized spacial score (nSPS) is 26.2. The molecule has 1 aliphatic carbocycles. The molecule has 2 aliphatic heterocycles. The zero-order valence-corrected chi connectivity index (χ0v) is 15.9. The van der Waals surface area contributed by atoms with Crippen molar-refractivity contribution >= 4 is 22.6 Å². The van der Waals surface area contributed by atoms with Gasteiger partial charge in [0.1, 0.15) is 11.6 Å². The van der Waals surface area contributed by atoms with Gasteiger partial charge >= 0.3 is 0 Å². The van der Waals surface area contributed by atoms with Crippen molar-refractivity contribution < 1.29 is 9.18 Å². The van der Waals surface area contributed by atoms with Crippen molar-refractivity contribution in [1.82, 2.24) is 9.88 Å². The fraction of sp³-hybridized carbons (Fsp3) is 0.545. The second-order valence-electron chi connectivity index (χ2n) is 8.74. The summed E-state index contributed by atoms with van der Waals surface area (Å²) in [7, 11) is 0. The first-order valence-corrected chi connectivity index (χ1v) is 10.1. The third kappa shape index (κ3) is 3.07. The summed E-state index contributed by atoms with van der Waals surface area (Å²) < 4.78 is 13.6. The number of piperidine rings is 2. The summed E-state index contributed by atoms with van der Waals surface area (Å²) in [4.78, 5) is 21.7. The summed E-state index contributed by atoms with van der Waals surface area (Å²) >= 11 is 0. The van der Waals surface area contributed by atoms with Crippen LogP contribution in [0.15, 0.2) is 24.3 Å². The van der Waals surface area contributed by atoms with Gasteiger partial charge in [0.25, 0.3) is 0 Å². The summed E-state index contributed by atoms with van der Waals surface area (Å²) in [6.45, 7) is 4.90. The Hall–Kier alpha value is -2.17. The molecule has 142 valence electrons. The quantitative estimate of drug-likeness (QED) is 0.803. The topological polar surface area (TPSA) is 36.4 Å². The molecular weight excluding hydrogens is 341 g/mol. The van der Waals surface area contributed by atoms with E-state index >= 15 is 0 Å². The summed E-state index contributed by atoms with van der Waals surface area (Å²) in [5, 5.41) is 0.883. The van der Waals surface area contributed by atoms with E-state index in [1.165, 1.54) is 25.3 Å². The number of carbonyl (C=O) groups excluding carboxylic acids is 1. The van der Waals surface area contributed by atoms with Gasteiger partial charge in [0.2, 0.25) is 5.91 Å². The SMILES string of the molecule is Cc1cc(N2CCC[C@@]3(CCC(=O)N(C4CC4)C3)C2)nc2ccc(F)cc12. The lowest BCUT2D eigenvalue weighted by Gasteiger charge is -2.48. The van der Waals surface area contributed by atoms with Crippen LogP contribution in [-0.2, 0) is 4.79 Å². The van der Waals surface area contributed by atoms with Crippen molar-refractivity contribution in [3.8, 4) is 0 Å². The maximum Gasteiger partial charge on any atom is 0.222 e. The number of fused-ring (bicyclic) bond motifs is 1. The van der Waals surface area contributed by atoms with E-state index in [9.17, 15) is 9.18 Å². The van der Waals surface area contributed by atoms with Crippen LogP contribution in [0.2, 0.25) is 0 Å². The van der Waals surface area contributed by atoms with Crippen LogP contribution in [0.3, 0.4) is 0 Å². The van der Waals surface area contributed by atoms with Crippen molar-refractivity contribution in [2.75, 3.05) is 24.5 Å². The predicted octanol–water partition coefficient (Wildman–Crippen LogP) is 4.05. The average molecular weight is 367 g/mol. The lowest BCUT2D eigenvalue weighted by molar-refractivity contribution is -0.138. The molecule has 3 aliphatic rings. The number of benzene rings is 1. The second-order valence-corrected chi connectivity index (χ2v) is 8.74. The number of pyridine rings is 1. The van der Waals surface area contributed by atoms with Crippen LogP contribution >= 0.6 is 0 Å². The molecule has 0 bridgehead atoms. The molecule has 2 aromatic rings. The Labute approximate surface area is 159 Å². The molecule has 1 aromatic heterocycles. The van der Waals surface area contributed by atoms with Crippen LogP contribution < -0.4 is 4.90 Å². The van der Waals surface area contributed by atoms with Crippen LogP contribution in [-0.4, -0.2) is 41.5 Å². The highest BCUT2D eigenvalue weighted by Crippen LogP contribution is 2.43. The van der Waals surface area contributed by atoms with Gasteiger partial charge in [0.15, 0.2) is 0 Å². The molecule has 5 rings (SSSR count). The summed E-state index contributed by atoms with van der Waals surface area (Å²) in [5.41, 5.74) is 2.11. The highest BCUT2D eigenvalue weighted by molar-refractivity contribution is 5.84. The molecule has 0 unspecified atom stereocenters. The van der Waals surface area contributed by atoms with Crippen LogP contribution in [0.5, 0.6) is 0 Å². The second kappa shape index (κ2) is 6.18. The smallest absolute Gasteiger partial charge is 0.222 e. The molecule has 4 nitrogen and oxygen atoms in total. The summed E-state index contributed by atoms with van der Waals surface area (Å²) in [6.07, 6.45) is 6.35. The molecule has 0 N–H and O–H groups in total. The summed E-state index contributed by atoms with van der Waals surface area (Å²) in [6, 6.07) is 7.42. The molecule has 1 saturated carbocycles. The van der Waals surface area contributed by atoms with E-state index in [0.717, 1.165) is 54.8 Å². The van der Waals surface area contributed by atoms with Crippen molar-refractivity contribution in [3.63, 3.8) is 0 Å². The Kier molecular flexibility index (Phi) is 3.88. The van der Waals surface area contributed by atoms with Crippen LogP contribution in [0.4, 0.5) is 10.2 Å². The van der Waals surface area contributed by atoms with Crippen molar-refractivity contribution in [1.29, 1.82) is 0 Å². The van der Waals surface area contributed by atoms with Crippen LogP contribution in [0.25, 0.3) is 10.9 Å². The maximum atomic E-state index is 13.6. The minimum atomic E-state index is -0.218. The average Bonchev–Trinajstić information content (AvgIpc) is 3.50. The van der Waals surface area contributed by atoms with Gasteiger partial charge in [-0.05, 0) is 68.9 Å². The minimum absolute atomic E-state index is 0.197. The lowest BCUT2D eigenvalue weighted by Crippen LogP contribution is -2.54. The number of hydrogen-bond acceptors (Lipinski definition) is 3. The number of hydrogen-bond donors (Lipinski definition) is 0. The monoisotopic (exact) mass is 367 g/mol. The predicted molar refractivity (Wildman–Crippen MR) is 104 cm³/mol. The number of anilines is 1. The molecule has 1 spiro atoms. The number of aromatic nitrogens is 1. The van der Waals surface area contributed by atoms with Gasteiger partial charge in [0.05, 0.1) is 5.52 Å². The van der Waals surface area contributed by atoms with E-state index in [1.807, 2.05) is 6.92 Å². The molecule has 3 fully saturated rings. The van der Waals surface area contributed by atoms with E-state index in [-0.39, 0.29) is 11.2 Å². The fourth-order valence-electron chi connectivity index (χ4n) is 5.01. The summed E-state index contributed by atoms with van der Waals surface area (Å²) in [5.74, 6) is 1.12. The first kappa shape index (κ1) is 17.0. The van der Waals surface area contributed by atoms with Crippen LogP contribution in [0, 0.1) is 18.2 Å². The van der Waals surface area contributed by atoms with Gasteiger partial charge in [-0.15, -0.1) is 0 Å². The van der Waals surface area contributed by atoms with Crippen molar-refractivity contribution in [2.45, 2.75) is 51.5 Å². The van der Waals surface area contributed by atoms with Gasteiger partial charge in [-0.2, -0.15) is 0 Å². The van der Waals surface area contributed by atoms with Gasteiger partial charge in [-0.25, -0.2) is 9.37 Å². The van der Waals surface area contributed by atoms with Crippen LogP contribution in [0.1, 0.15) is 44.1 Å². The molecule has 2 saturated heterocycles. The third-order valence-corrected chi connectivity index (χ3v) is 6.63. The van der Waals surface area contributed by atoms with E-state index in [4.69, 9.17) is 4.98 Å². The number of amides is 1. The molecule has 3 heterocycles. The number of halogens is 1. The van der Waals surface area contributed by atoms with E-state index in [0.29, 0.717) is 18.4 Å². The Bertz CT molecular complexity index is 910. The van der Waals surface area contributed by atoms with Gasteiger partial charge < -0.3 is 9.80 Å². The Morgan fingerprint density at radius 2 is 2.04 bits per heavy atom. The zero-order chi connectivity index (χ0) is 18.6. The minimum Gasteiger partial charge on any atom is -0.356 e. The van der Waals surface area contributed by atoms with Gasteiger partial charge in [-0.3, -0.25) is 4.79 Å². The van der Waals surface area contributed by atoms with Gasteiger partial charge in [-0.1, -0.05) is 0 Å². The lowest BCUT2D eigenvalue weighted by atomic mass is 9.73. The number of carbonyl (C=O) groups is 1. The molecule has 1 atom stereocenters. The van der Waals surface area contributed by atoms with Crippen molar-refractivity contribution in [2.24, 2.45) is 5.41 Å². The van der Waals surface area contributed by atoms with Crippen molar-refractivity contribution in [3.05, 3.63) is 35.6 Å². The fourth-order valence-corrected chi connectivity index (χ4v) is 5.01. The highest BCUT2D eigenvalue weighted by Gasteiger charge is 2.45. The number of rotatable bonds is 2. The highest BCUT2D eigenvalue weighted by atomic mass is 19.1. The maximum absolute atomic E-state index is 13.6. The Morgan fingerprint density at radius 3 is 2.85 bits per heavy atom. The molecule has 1 aromatic carbocycles. The zero-order valence-electron chi connectivity index (χ0n) is 15.9. The number of likely N-dealkylation sites (tertiary alicyclic amines) is 1. The largest absolute Gasteiger partial charge is 0.356 e. The molecular formula is C22H26FN3O. The van der Waals surface area contributed by atoms with E-state index in [1.54, 1.807) is 12.1 Å². The number of nitrogens with zero attached hydrogens (tertiary/aromatic N) is 3. The van der Waals surface area contributed by atoms with E-state index < -0.39 is 0 Å². The molecule has 5 heteroatoms. The van der Waals surface area contributed by atoms with E-state index in [2.05, 4.69) is 15.9 Å². The standard InChI is InChI=1S/C22H26FN3O/c1-15-11-20(24-19-6-3-16(23)12-18(15)19)25-10-2-8-22(13-25)9-7-21(27)26(14-22)17-4-5-17/h3,6,11-12,17H,2,4-5,7-10,13-14H2,1H3/t22-/m1/s1.